The van der Waals surface area contributed by atoms with Crippen LogP contribution >= 0.6 is 0 Å². The van der Waals surface area contributed by atoms with E-state index in [0.717, 1.165) is 37.1 Å². The van der Waals surface area contributed by atoms with Crippen LogP contribution in [0.2, 0.25) is 0 Å². The maximum atomic E-state index is 11.7. The van der Waals surface area contributed by atoms with Crippen LogP contribution in [0.25, 0.3) is 11.0 Å². The number of imidazole rings is 1. The molecule has 4 rings (SSSR count). The Morgan fingerprint density at radius 2 is 1.88 bits per heavy atom. The number of benzene rings is 2. The summed E-state index contributed by atoms with van der Waals surface area (Å²) in [4.78, 5) is 19.8. The van der Waals surface area contributed by atoms with Crippen LogP contribution < -0.4 is 11.1 Å². The minimum absolute atomic E-state index is 0.276. The predicted octanol–water partition coefficient (Wildman–Crippen LogP) is 2.66. The van der Waals surface area contributed by atoms with Crippen molar-refractivity contribution < 1.29 is 4.79 Å². The molecule has 2 aromatic carbocycles. The lowest BCUT2D eigenvalue weighted by atomic mass is 9.88. The van der Waals surface area contributed by atoms with Crippen LogP contribution in [-0.2, 0) is 18.4 Å². The fraction of sp³-hybridized carbons (Fsp3) is 0.300. The van der Waals surface area contributed by atoms with Crippen LogP contribution in [0.4, 0.5) is 0 Å². The minimum atomic E-state index is -0.451. The standard InChI is InChI=1S/C20H22N4O/c1-20(11-9-13-5-2-3-6-14(13)10-12-22-20)19-23-16-8-4-7-15(18(21)25)17(16)24-19/h2-8,22H,9-12H2,1H3,(H2,21,25)(H,23,24). The van der Waals surface area contributed by atoms with Crippen molar-refractivity contribution in [2.24, 2.45) is 5.73 Å². The maximum Gasteiger partial charge on any atom is 0.250 e. The van der Waals surface area contributed by atoms with E-state index < -0.39 is 5.91 Å². The molecular formula is C20H22N4O. The van der Waals surface area contributed by atoms with Gasteiger partial charge in [0, 0.05) is 6.54 Å². The number of nitrogens with two attached hydrogens (primary N) is 1. The highest BCUT2D eigenvalue weighted by atomic mass is 16.1. The molecular weight excluding hydrogens is 312 g/mol. The van der Waals surface area contributed by atoms with Gasteiger partial charge in [-0.05, 0) is 49.4 Å². The van der Waals surface area contributed by atoms with Gasteiger partial charge in [0.15, 0.2) is 0 Å². The number of hydrogen-bond donors (Lipinski definition) is 3. The van der Waals surface area contributed by atoms with Gasteiger partial charge in [-0.25, -0.2) is 4.98 Å². The number of rotatable bonds is 2. The average molecular weight is 334 g/mol. The van der Waals surface area contributed by atoms with Gasteiger partial charge in [0.05, 0.1) is 16.6 Å². The number of nitrogens with one attached hydrogen (secondary N) is 2. The lowest BCUT2D eigenvalue weighted by Gasteiger charge is -2.31. The van der Waals surface area contributed by atoms with Crippen LogP contribution in [0.15, 0.2) is 42.5 Å². The molecule has 0 saturated carbocycles. The predicted molar refractivity (Wildman–Crippen MR) is 98.4 cm³/mol. The number of amides is 1. The number of carbonyl (C=O) groups is 1. The SMILES string of the molecule is CC1(c2nc3c(C(N)=O)cccc3[nH]2)CCc2ccccc2CCN1. The first-order valence-corrected chi connectivity index (χ1v) is 8.68. The summed E-state index contributed by atoms with van der Waals surface area (Å²) in [6.07, 6.45) is 2.91. The van der Waals surface area contributed by atoms with E-state index in [9.17, 15) is 4.79 Å². The molecule has 1 atom stereocenters. The smallest absolute Gasteiger partial charge is 0.250 e. The van der Waals surface area contributed by atoms with Crippen LogP contribution in [0.5, 0.6) is 0 Å². The highest BCUT2D eigenvalue weighted by Gasteiger charge is 2.31. The van der Waals surface area contributed by atoms with E-state index >= 15 is 0 Å². The van der Waals surface area contributed by atoms with Gasteiger partial charge in [-0.1, -0.05) is 30.3 Å². The largest absolute Gasteiger partial charge is 0.366 e. The lowest BCUT2D eigenvalue weighted by molar-refractivity contribution is 0.100. The molecule has 1 amide bonds. The van der Waals surface area contributed by atoms with Gasteiger partial charge >= 0.3 is 0 Å². The van der Waals surface area contributed by atoms with Crippen molar-refractivity contribution >= 4 is 16.9 Å². The van der Waals surface area contributed by atoms with Crippen molar-refractivity contribution in [2.45, 2.75) is 31.7 Å². The lowest BCUT2D eigenvalue weighted by Crippen LogP contribution is -2.43. The molecule has 3 aromatic rings. The molecule has 0 fully saturated rings. The van der Waals surface area contributed by atoms with Gasteiger partial charge in [0.1, 0.15) is 11.3 Å². The van der Waals surface area contributed by atoms with E-state index in [1.54, 1.807) is 6.07 Å². The molecule has 0 bridgehead atoms. The molecule has 128 valence electrons. The summed E-state index contributed by atoms with van der Waals surface area (Å²) in [6, 6.07) is 14.1. The van der Waals surface area contributed by atoms with E-state index in [1.807, 2.05) is 12.1 Å². The summed E-state index contributed by atoms with van der Waals surface area (Å²) < 4.78 is 0. The molecule has 0 radical (unpaired) electrons. The Labute approximate surface area is 146 Å². The molecule has 2 heterocycles. The number of fused-ring (bicyclic) bond motifs is 2. The normalized spacial score (nSPS) is 20.7. The van der Waals surface area contributed by atoms with Crippen molar-refractivity contribution in [3.63, 3.8) is 0 Å². The zero-order chi connectivity index (χ0) is 17.4. The van der Waals surface area contributed by atoms with Crippen LogP contribution in [0.3, 0.4) is 0 Å². The molecule has 0 saturated heterocycles. The molecule has 4 N–H and O–H groups in total. The second-order valence-corrected chi connectivity index (χ2v) is 6.93. The first-order chi connectivity index (χ1) is 12.1. The molecule has 25 heavy (non-hydrogen) atoms. The van der Waals surface area contributed by atoms with Crippen molar-refractivity contribution in [3.8, 4) is 0 Å². The van der Waals surface area contributed by atoms with Crippen molar-refractivity contribution in [1.29, 1.82) is 0 Å². The Morgan fingerprint density at radius 1 is 1.12 bits per heavy atom. The Hall–Kier alpha value is -2.66. The first kappa shape index (κ1) is 15.8. The number of primary amides is 1. The Morgan fingerprint density at radius 3 is 2.64 bits per heavy atom. The second kappa shape index (κ2) is 6.01. The fourth-order valence-corrected chi connectivity index (χ4v) is 3.69. The number of aromatic amines is 1. The summed E-state index contributed by atoms with van der Waals surface area (Å²) in [5.41, 5.74) is 9.99. The summed E-state index contributed by atoms with van der Waals surface area (Å²) >= 11 is 0. The summed E-state index contributed by atoms with van der Waals surface area (Å²) in [7, 11) is 0. The van der Waals surface area contributed by atoms with Crippen molar-refractivity contribution in [1.82, 2.24) is 15.3 Å². The molecule has 1 aliphatic heterocycles. The summed E-state index contributed by atoms with van der Waals surface area (Å²) in [6.45, 7) is 3.05. The number of aryl methyl sites for hydroxylation is 1. The molecule has 0 spiro atoms. The first-order valence-electron chi connectivity index (χ1n) is 8.68. The minimum Gasteiger partial charge on any atom is -0.366 e. The van der Waals surface area contributed by atoms with E-state index in [4.69, 9.17) is 10.7 Å². The summed E-state index contributed by atoms with van der Waals surface area (Å²) in [5.74, 6) is 0.406. The average Bonchev–Trinajstić information content (AvgIpc) is 3.04. The van der Waals surface area contributed by atoms with Gasteiger partial charge in [-0.3, -0.25) is 4.79 Å². The Kier molecular flexibility index (Phi) is 3.81. The molecule has 5 nitrogen and oxygen atoms in total. The number of para-hydroxylation sites is 1. The number of carbonyl (C=O) groups excluding carboxylic acids is 1. The van der Waals surface area contributed by atoms with E-state index in [-0.39, 0.29) is 5.54 Å². The molecule has 5 heteroatoms. The zero-order valence-corrected chi connectivity index (χ0v) is 14.3. The van der Waals surface area contributed by atoms with Crippen LogP contribution in [0.1, 0.15) is 40.7 Å². The number of aromatic nitrogens is 2. The molecule has 0 aliphatic carbocycles. The molecule has 1 aromatic heterocycles. The third-order valence-electron chi connectivity index (χ3n) is 5.22. The van der Waals surface area contributed by atoms with Gasteiger partial charge in [0.25, 0.3) is 5.91 Å². The van der Waals surface area contributed by atoms with Crippen molar-refractivity contribution in [3.05, 3.63) is 65.0 Å². The topological polar surface area (TPSA) is 83.8 Å². The maximum absolute atomic E-state index is 11.7. The van der Waals surface area contributed by atoms with Gasteiger partial charge in [-0.15, -0.1) is 0 Å². The van der Waals surface area contributed by atoms with Crippen LogP contribution in [-0.4, -0.2) is 22.4 Å². The monoisotopic (exact) mass is 334 g/mol. The number of nitrogens with zero attached hydrogens (tertiary/aromatic N) is 1. The number of hydrogen-bond acceptors (Lipinski definition) is 3. The highest BCUT2D eigenvalue weighted by Crippen LogP contribution is 2.29. The molecule has 1 unspecified atom stereocenters. The number of H-pyrrole nitrogens is 1. The third kappa shape index (κ3) is 2.81. The van der Waals surface area contributed by atoms with Crippen LogP contribution in [0, 0.1) is 0 Å². The molecule has 1 aliphatic rings. The van der Waals surface area contributed by atoms with Gasteiger partial charge in [-0.2, -0.15) is 0 Å². The highest BCUT2D eigenvalue weighted by molar-refractivity contribution is 6.04. The Balaban J connectivity index is 1.72. The second-order valence-electron chi connectivity index (χ2n) is 6.93. The van der Waals surface area contributed by atoms with Crippen molar-refractivity contribution in [2.75, 3.05) is 6.54 Å². The van der Waals surface area contributed by atoms with Gasteiger partial charge < -0.3 is 16.0 Å². The van der Waals surface area contributed by atoms with E-state index in [0.29, 0.717) is 11.1 Å². The third-order valence-corrected chi connectivity index (χ3v) is 5.22. The Bertz CT molecular complexity index is 946. The quantitative estimate of drug-likeness (QED) is 0.674. The van der Waals surface area contributed by atoms with Gasteiger partial charge in [0.2, 0.25) is 0 Å². The van der Waals surface area contributed by atoms with E-state index in [1.165, 1.54) is 11.1 Å². The fourth-order valence-electron chi connectivity index (χ4n) is 3.69. The summed E-state index contributed by atoms with van der Waals surface area (Å²) in [5, 5.41) is 3.65. The zero-order valence-electron chi connectivity index (χ0n) is 14.3. The van der Waals surface area contributed by atoms with E-state index in [2.05, 4.69) is 41.5 Å².